The van der Waals surface area contributed by atoms with Gasteiger partial charge < -0.3 is 10.1 Å². The number of carbonyl (C=O) groups is 1. The van der Waals surface area contributed by atoms with Crippen molar-refractivity contribution in [3.8, 4) is 5.75 Å². The molecule has 1 aliphatic carbocycles. The van der Waals surface area contributed by atoms with Crippen molar-refractivity contribution in [2.75, 3.05) is 0 Å². The Labute approximate surface area is 236 Å². The van der Waals surface area contributed by atoms with Gasteiger partial charge in [0.2, 0.25) is 0 Å². The highest BCUT2D eigenvalue weighted by Gasteiger charge is 2.27. The highest BCUT2D eigenvalue weighted by atomic mass is 79.9. The van der Waals surface area contributed by atoms with E-state index in [0.717, 1.165) is 38.2 Å². The van der Waals surface area contributed by atoms with E-state index in [1.54, 1.807) is 0 Å². The lowest BCUT2D eigenvalue weighted by molar-refractivity contribution is -0.115. The molecule has 192 valence electrons. The fourth-order valence-electron chi connectivity index (χ4n) is 4.84. The molecule has 1 aliphatic heterocycles. The minimum absolute atomic E-state index is 0.117. The van der Waals surface area contributed by atoms with Crippen LogP contribution in [0.4, 0.5) is 5.69 Å². The summed E-state index contributed by atoms with van der Waals surface area (Å²) in [6.45, 7) is 8.91. The molecule has 4 nitrogen and oxygen atoms in total. The Morgan fingerprint density at radius 3 is 2.37 bits per heavy atom. The Bertz CT molecular complexity index is 1500. The monoisotopic (exact) mass is 584 g/mol. The highest BCUT2D eigenvalue weighted by Crippen LogP contribution is 2.41. The van der Waals surface area contributed by atoms with Gasteiger partial charge >= 0.3 is 0 Å². The molecule has 0 radical (unpaired) electrons. The molecule has 0 unspecified atom stereocenters. The third-order valence-corrected chi connectivity index (χ3v) is 8.94. The van der Waals surface area contributed by atoms with Gasteiger partial charge in [-0.2, -0.15) is 0 Å². The zero-order chi connectivity index (χ0) is 26.8. The number of rotatable bonds is 6. The largest absolute Gasteiger partial charge is 0.489 e. The first kappa shape index (κ1) is 26.3. The van der Waals surface area contributed by atoms with Crippen LogP contribution in [0.3, 0.4) is 0 Å². The van der Waals surface area contributed by atoms with Crippen LogP contribution in [-0.4, -0.2) is 11.1 Å². The van der Waals surface area contributed by atoms with E-state index in [2.05, 4.69) is 70.4 Å². The maximum Gasteiger partial charge on any atom is 0.264 e. The standard InChI is InChI=1S/C32H29BrN2O2S/c1-19-14-25(17-28-31(36)35-32(38-28)34-26-15-20(2)30(33)21(3)16-26)22(4)29(19)24-10-12-27(13-11-24)37-18-23-8-6-5-7-9-23/h5-17,29H,18H2,1-4H3,(H,34,35,36)/b28-17-/t29-/m0/s1. The minimum atomic E-state index is -0.117. The number of allylic oxidation sites excluding steroid dienone is 5. The molecule has 0 aromatic heterocycles. The zero-order valence-electron chi connectivity index (χ0n) is 21.8. The van der Waals surface area contributed by atoms with Crippen molar-refractivity contribution in [2.24, 2.45) is 4.99 Å². The van der Waals surface area contributed by atoms with Gasteiger partial charge in [0.15, 0.2) is 5.17 Å². The topological polar surface area (TPSA) is 50.7 Å². The van der Waals surface area contributed by atoms with Gasteiger partial charge in [0.05, 0.1) is 10.6 Å². The fraction of sp³-hybridized carbons (Fsp3) is 0.188. The molecule has 6 heteroatoms. The van der Waals surface area contributed by atoms with Crippen LogP contribution in [0.1, 0.15) is 42.0 Å². The first-order chi connectivity index (χ1) is 18.3. The summed E-state index contributed by atoms with van der Waals surface area (Å²) in [5, 5.41) is 3.51. The molecule has 1 N–H and O–H groups in total. The van der Waals surface area contributed by atoms with E-state index in [4.69, 9.17) is 4.74 Å². The van der Waals surface area contributed by atoms with Gasteiger partial charge in [-0.1, -0.05) is 75.6 Å². The van der Waals surface area contributed by atoms with Gasteiger partial charge in [-0.15, -0.1) is 0 Å². The average molecular weight is 586 g/mol. The number of aliphatic imine (C=N–C) groups is 1. The van der Waals surface area contributed by atoms with Gasteiger partial charge in [0.1, 0.15) is 12.4 Å². The van der Waals surface area contributed by atoms with Crippen LogP contribution in [0.5, 0.6) is 5.75 Å². The molecule has 1 fully saturated rings. The van der Waals surface area contributed by atoms with Crippen molar-refractivity contribution in [3.05, 3.63) is 127 Å². The summed E-state index contributed by atoms with van der Waals surface area (Å²) in [5.41, 5.74) is 8.97. The number of nitrogens with one attached hydrogen (secondary N) is 1. The van der Waals surface area contributed by atoms with Crippen molar-refractivity contribution in [3.63, 3.8) is 0 Å². The molecule has 2 aliphatic rings. The number of hydrogen-bond donors (Lipinski definition) is 1. The quantitative estimate of drug-likeness (QED) is 0.296. The Morgan fingerprint density at radius 2 is 1.68 bits per heavy atom. The molecule has 1 atom stereocenters. The van der Waals surface area contributed by atoms with Crippen LogP contribution in [0.2, 0.25) is 0 Å². The zero-order valence-corrected chi connectivity index (χ0v) is 24.2. The number of hydrogen-bond acceptors (Lipinski definition) is 4. The predicted octanol–water partition coefficient (Wildman–Crippen LogP) is 8.44. The lowest BCUT2D eigenvalue weighted by Crippen LogP contribution is -2.19. The summed E-state index contributed by atoms with van der Waals surface area (Å²) in [6, 6.07) is 22.5. The second kappa shape index (κ2) is 11.2. The van der Waals surface area contributed by atoms with E-state index in [-0.39, 0.29) is 11.8 Å². The fourth-order valence-corrected chi connectivity index (χ4v) is 5.90. The summed E-state index contributed by atoms with van der Waals surface area (Å²) >= 11 is 4.98. The molecule has 0 saturated carbocycles. The lowest BCUT2D eigenvalue weighted by atomic mass is 9.89. The summed E-state index contributed by atoms with van der Waals surface area (Å²) in [4.78, 5) is 18.1. The van der Waals surface area contributed by atoms with Gasteiger partial charge in [-0.3, -0.25) is 4.79 Å². The number of ether oxygens (including phenoxy) is 1. The Morgan fingerprint density at radius 1 is 1.00 bits per heavy atom. The van der Waals surface area contributed by atoms with Crippen LogP contribution in [0, 0.1) is 13.8 Å². The summed E-state index contributed by atoms with van der Waals surface area (Å²) in [6.07, 6.45) is 4.16. The first-order valence-corrected chi connectivity index (χ1v) is 14.1. The van der Waals surface area contributed by atoms with Crippen LogP contribution >= 0.6 is 27.7 Å². The molecular weight excluding hydrogens is 556 g/mol. The highest BCUT2D eigenvalue weighted by molar-refractivity contribution is 9.10. The Hall–Kier alpha value is -3.35. The molecular formula is C32H29BrN2O2S. The number of amidine groups is 1. The molecule has 3 aromatic carbocycles. The Balaban J connectivity index is 1.31. The number of nitrogens with zero attached hydrogens (tertiary/aromatic N) is 1. The molecule has 3 aromatic rings. The molecule has 1 heterocycles. The van der Waals surface area contributed by atoms with Gasteiger partial charge in [0, 0.05) is 10.4 Å². The third-order valence-electron chi connectivity index (χ3n) is 6.78. The van der Waals surface area contributed by atoms with E-state index >= 15 is 0 Å². The smallest absolute Gasteiger partial charge is 0.264 e. The molecule has 0 bridgehead atoms. The number of amides is 1. The van der Waals surface area contributed by atoms with Gasteiger partial charge in [0.25, 0.3) is 5.91 Å². The maximum atomic E-state index is 12.7. The van der Waals surface area contributed by atoms with Crippen LogP contribution in [0.15, 0.2) is 110 Å². The second-order valence-electron chi connectivity index (χ2n) is 9.68. The summed E-state index contributed by atoms with van der Waals surface area (Å²) < 4.78 is 7.04. The normalized spacial score (nSPS) is 19.3. The van der Waals surface area contributed by atoms with Crippen LogP contribution < -0.4 is 10.1 Å². The Kier molecular flexibility index (Phi) is 7.73. The second-order valence-corrected chi connectivity index (χ2v) is 11.5. The maximum absolute atomic E-state index is 12.7. The van der Waals surface area contributed by atoms with Gasteiger partial charge in [-0.25, -0.2) is 4.99 Å². The van der Waals surface area contributed by atoms with Crippen molar-refractivity contribution < 1.29 is 9.53 Å². The SMILES string of the molecule is CC1=CC(/C=C2\SC(=Nc3cc(C)c(Br)c(C)c3)NC2=O)=C(C)[C@H]1c1ccc(OCc2ccccc2)cc1. The minimum Gasteiger partial charge on any atom is -0.489 e. The van der Waals surface area contributed by atoms with Crippen molar-refractivity contribution in [1.82, 2.24) is 5.32 Å². The molecule has 1 amide bonds. The van der Waals surface area contributed by atoms with Gasteiger partial charge in [-0.05, 0) is 97.6 Å². The van der Waals surface area contributed by atoms with Crippen LogP contribution in [0.25, 0.3) is 0 Å². The van der Waals surface area contributed by atoms with E-state index < -0.39 is 0 Å². The molecule has 38 heavy (non-hydrogen) atoms. The number of thioether (sulfide) groups is 1. The molecule has 1 saturated heterocycles. The number of aryl methyl sites for hydroxylation is 2. The van der Waals surface area contributed by atoms with Crippen LogP contribution in [-0.2, 0) is 11.4 Å². The van der Waals surface area contributed by atoms with E-state index in [1.807, 2.05) is 62.4 Å². The third kappa shape index (κ3) is 5.71. The molecule has 5 rings (SSSR count). The summed E-state index contributed by atoms with van der Waals surface area (Å²) in [5.74, 6) is 0.915. The average Bonchev–Trinajstić information content (AvgIpc) is 3.39. The lowest BCUT2D eigenvalue weighted by Gasteiger charge is -2.16. The number of halogens is 1. The van der Waals surface area contributed by atoms with E-state index in [9.17, 15) is 4.79 Å². The van der Waals surface area contributed by atoms with E-state index in [0.29, 0.717) is 16.7 Å². The van der Waals surface area contributed by atoms with Crippen molar-refractivity contribution in [1.29, 1.82) is 0 Å². The predicted molar refractivity (Wildman–Crippen MR) is 161 cm³/mol. The van der Waals surface area contributed by atoms with Crippen molar-refractivity contribution >= 4 is 44.5 Å². The number of carbonyl (C=O) groups excluding carboxylic acids is 1. The molecule has 0 spiro atoms. The number of benzene rings is 3. The first-order valence-electron chi connectivity index (χ1n) is 12.5. The van der Waals surface area contributed by atoms with E-state index in [1.165, 1.54) is 28.5 Å². The van der Waals surface area contributed by atoms with Crippen molar-refractivity contribution in [2.45, 2.75) is 40.2 Å². The summed E-state index contributed by atoms with van der Waals surface area (Å²) in [7, 11) is 0.